The van der Waals surface area contributed by atoms with Gasteiger partial charge < -0.3 is 4.57 Å². The van der Waals surface area contributed by atoms with Crippen LogP contribution in [-0.4, -0.2) is 18.0 Å². The number of imidazole rings is 1. The zero-order valence-corrected chi connectivity index (χ0v) is 16.7. The maximum absolute atomic E-state index is 14.0. The lowest BCUT2D eigenvalue weighted by Crippen LogP contribution is -2.16. The van der Waals surface area contributed by atoms with Crippen LogP contribution in [0.4, 0.5) is 10.1 Å². The zero-order valence-electron chi connectivity index (χ0n) is 15.8. The summed E-state index contributed by atoms with van der Waals surface area (Å²) in [6.07, 6.45) is 1.23. The predicted octanol–water partition coefficient (Wildman–Crippen LogP) is 4.30. The van der Waals surface area contributed by atoms with Gasteiger partial charge in [-0.2, -0.15) is 0 Å². The first kappa shape index (κ1) is 19.1. The topological polar surface area (TPSA) is 64.0 Å². The molecule has 0 spiro atoms. The average Bonchev–Trinajstić information content (AvgIpc) is 3.03. The highest BCUT2D eigenvalue weighted by Crippen LogP contribution is 2.23. The Kier molecular flexibility index (Phi) is 5.07. The van der Waals surface area contributed by atoms with Crippen molar-refractivity contribution in [1.82, 2.24) is 9.55 Å². The molecule has 0 saturated heterocycles. The molecule has 0 bridgehead atoms. The summed E-state index contributed by atoms with van der Waals surface area (Å²) >= 11 is 0. The van der Waals surface area contributed by atoms with Crippen molar-refractivity contribution >= 4 is 26.7 Å². The largest absolute Gasteiger partial charge is 0.331 e. The quantitative estimate of drug-likeness (QED) is 0.516. The number of fused-ring (bicyclic) bond motifs is 1. The first-order chi connectivity index (χ1) is 14.0. The summed E-state index contributed by atoms with van der Waals surface area (Å²) in [6.45, 7) is 0. The van der Waals surface area contributed by atoms with Gasteiger partial charge in [0, 0.05) is 13.5 Å². The number of sulfonamides is 1. The average molecular weight is 409 g/mol. The van der Waals surface area contributed by atoms with Gasteiger partial charge in [0.1, 0.15) is 16.5 Å². The van der Waals surface area contributed by atoms with Crippen molar-refractivity contribution in [2.45, 2.75) is 17.7 Å². The molecule has 0 fully saturated rings. The molecule has 1 N–H and O–H groups in total. The summed E-state index contributed by atoms with van der Waals surface area (Å²) in [6, 6.07) is 20.4. The van der Waals surface area contributed by atoms with E-state index in [2.05, 4.69) is 9.71 Å². The second-order valence-corrected chi connectivity index (χ2v) is 8.42. The number of aromatic nitrogens is 2. The molecule has 0 aliphatic carbocycles. The van der Waals surface area contributed by atoms with E-state index in [9.17, 15) is 12.8 Å². The number of aryl methyl sites for hydroxylation is 3. The third kappa shape index (κ3) is 3.86. The van der Waals surface area contributed by atoms with E-state index in [1.165, 1.54) is 18.2 Å². The Morgan fingerprint density at radius 3 is 2.41 bits per heavy atom. The molecular weight excluding hydrogens is 389 g/mol. The Bertz CT molecular complexity index is 1280. The first-order valence-corrected chi connectivity index (χ1v) is 10.7. The lowest BCUT2D eigenvalue weighted by atomic mass is 10.1. The van der Waals surface area contributed by atoms with Crippen molar-refractivity contribution < 1.29 is 12.8 Å². The SMILES string of the molecule is Cn1c(CCc2ccccc2NS(=O)(=O)c2ccccc2F)nc2ccccc21. The third-order valence-corrected chi connectivity index (χ3v) is 6.28. The Morgan fingerprint density at radius 1 is 0.931 bits per heavy atom. The minimum absolute atomic E-state index is 0.370. The standard InChI is InChI=1S/C22H20FN3O2S/c1-26-20-12-6-5-11-19(20)24-22(26)15-14-16-8-2-4-10-18(16)25-29(27,28)21-13-7-3-9-17(21)23/h2-13,25H,14-15H2,1H3. The fourth-order valence-electron chi connectivity index (χ4n) is 3.37. The van der Waals surface area contributed by atoms with Gasteiger partial charge in [-0.3, -0.25) is 4.72 Å². The molecule has 0 amide bonds. The monoisotopic (exact) mass is 409 g/mol. The van der Waals surface area contributed by atoms with Gasteiger partial charge in [-0.25, -0.2) is 17.8 Å². The fourth-order valence-corrected chi connectivity index (χ4v) is 4.55. The van der Waals surface area contributed by atoms with Crippen LogP contribution in [0.15, 0.2) is 77.7 Å². The molecule has 5 nitrogen and oxygen atoms in total. The minimum atomic E-state index is -4.02. The highest BCUT2D eigenvalue weighted by molar-refractivity contribution is 7.92. The van der Waals surface area contributed by atoms with Gasteiger partial charge in [-0.15, -0.1) is 0 Å². The Hall–Kier alpha value is -3.19. The van der Waals surface area contributed by atoms with E-state index in [0.717, 1.165) is 28.5 Å². The molecule has 0 aliphatic heterocycles. The summed E-state index contributed by atoms with van der Waals surface area (Å²) in [5, 5.41) is 0. The highest BCUT2D eigenvalue weighted by atomic mass is 32.2. The molecule has 4 rings (SSSR count). The van der Waals surface area contributed by atoms with E-state index in [1.54, 1.807) is 12.1 Å². The van der Waals surface area contributed by atoms with Crippen LogP contribution in [0.25, 0.3) is 11.0 Å². The van der Waals surface area contributed by atoms with Crippen LogP contribution >= 0.6 is 0 Å². The Morgan fingerprint density at radius 2 is 1.62 bits per heavy atom. The molecule has 3 aromatic carbocycles. The van der Waals surface area contributed by atoms with Crippen molar-refractivity contribution in [3.05, 3.63) is 90.0 Å². The van der Waals surface area contributed by atoms with Gasteiger partial charge in [0.2, 0.25) is 0 Å². The molecule has 0 unspecified atom stereocenters. The van der Waals surface area contributed by atoms with Crippen LogP contribution in [0.1, 0.15) is 11.4 Å². The van der Waals surface area contributed by atoms with E-state index in [4.69, 9.17) is 0 Å². The summed E-state index contributed by atoms with van der Waals surface area (Å²) in [7, 11) is -2.05. The summed E-state index contributed by atoms with van der Waals surface area (Å²) < 4.78 is 43.8. The van der Waals surface area contributed by atoms with Crippen molar-refractivity contribution in [3.8, 4) is 0 Å². The number of nitrogens with zero attached hydrogens (tertiary/aromatic N) is 2. The number of rotatable bonds is 6. The zero-order chi connectivity index (χ0) is 20.4. The van der Waals surface area contributed by atoms with Gasteiger partial charge in [-0.1, -0.05) is 42.5 Å². The van der Waals surface area contributed by atoms with Crippen molar-refractivity contribution in [1.29, 1.82) is 0 Å². The van der Waals surface area contributed by atoms with E-state index < -0.39 is 15.8 Å². The van der Waals surface area contributed by atoms with Gasteiger partial charge in [0.15, 0.2) is 0 Å². The number of hydrogen-bond acceptors (Lipinski definition) is 3. The van der Waals surface area contributed by atoms with E-state index in [0.29, 0.717) is 18.5 Å². The van der Waals surface area contributed by atoms with Crippen LogP contribution < -0.4 is 4.72 Å². The highest BCUT2D eigenvalue weighted by Gasteiger charge is 2.20. The molecule has 148 valence electrons. The first-order valence-electron chi connectivity index (χ1n) is 9.21. The molecular formula is C22H20FN3O2S. The summed E-state index contributed by atoms with van der Waals surface area (Å²) in [5.41, 5.74) is 3.24. The second kappa shape index (κ2) is 7.67. The van der Waals surface area contributed by atoms with Crippen LogP contribution in [0.3, 0.4) is 0 Å². The Labute approximate surface area is 168 Å². The number of hydrogen-bond donors (Lipinski definition) is 1. The van der Waals surface area contributed by atoms with Crippen molar-refractivity contribution in [3.63, 3.8) is 0 Å². The van der Waals surface area contributed by atoms with Crippen molar-refractivity contribution in [2.24, 2.45) is 7.05 Å². The minimum Gasteiger partial charge on any atom is -0.331 e. The van der Waals surface area contributed by atoms with Crippen molar-refractivity contribution in [2.75, 3.05) is 4.72 Å². The van der Waals surface area contributed by atoms with Crippen LogP contribution in [0.2, 0.25) is 0 Å². The summed E-state index contributed by atoms with van der Waals surface area (Å²) in [5.74, 6) is 0.134. The maximum atomic E-state index is 14.0. The number of para-hydroxylation sites is 3. The molecule has 1 aromatic heterocycles. The van der Waals surface area contributed by atoms with E-state index in [1.807, 2.05) is 48.0 Å². The van der Waals surface area contributed by atoms with Gasteiger partial charge in [-0.05, 0) is 42.3 Å². The number of anilines is 1. The third-order valence-electron chi connectivity index (χ3n) is 4.89. The number of halogens is 1. The second-order valence-electron chi connectivity index (χ2n) is 6.77. The summed E-state index contributed by atoms with van der Waals surface area (Å²) in [4.78, 5) is 4.30. The molecule has 29 heavy (non-hydrogen) atoms. The van der Waals surface area contributed by atoms with Gasteiger partial charge in [0.05, 0.1) is 16.7 Å². The molecule has 0 saturated carbocycles. The molecule has 0 aliphatic rings. The normalized spacial score (nSPS) is 11.7. The molecule has 0 atom stereocenters. The van der Waals surface area contributed by atoms with E-state index in [-0.39, 0.29) is 4.90 Å². The smallest absolute Gasteiger partial charge is 0.264 e. The fraction of sp³-hybridized carbons (Fsp3) is 0.136. The lowest BCUT2D eigenvalue weighted by molar-refractivity contribution is 0.570. The van der Waals surface area contributed by atoms with Crippen LogP contribution in [0.5, 0.6) is 0 Å². The lowest BCUT2D eigenvalue weighted by Gasteiger charge is -2.13. The van der Waals surface area contributed by atoms with Gasteiger partial charge >= 0.3 is 0 Å². The molecule has 7 heteroatoms. The maximum Gasteiger partial charge on any atom is 0.264 e. The van der Waals surface area contributed by atoms with Gasteiger partial charge in [0.25, 0.3) is 10.0 Å². The van der Waals surface area contributed by atoms with E-state index >= 15 is 0 Å². The number of nitrogens with one attached hydrogen (secondary N) is 1. The Balaban J connectivity index is 1.59. The molecule has 1 heterocycles. The van der Waals surface area contributed by atoms with Crippen LogP contribution in [-0.2, 0) is 29.9 Å². The molecule has 0 radical (unpaired) electrons. The number of benzene rings is 3. The predicted molar refractivity (Wildman–Crippen MR) is 112 cm³/mol. The van der Waals surface area contributed by atoms with Crippen LogP contribution in [0, 0.1) is 5.82 Å². The molecule has 4 aromatic rings.